The number of anilines is 2. The van der Waals surface area contributed by atoms with Gasteiger partial charge in [-0.3, -0.25) is 4.79 Å². The Hall–Kier alpha value is -2.90. The molecule has 0 bridgehead atoms. The van der Waals surface area contributed by atoms with Gasteiger partial charge in [0.05, 0.1) is 11.4 Å². The van der Waals surface area contributed by atoms with Crippen LogP contribution in [-0.2, 0) is 14.8 Å². The van der Waals surface area contributed by atoms with E-state index in [0.717, 1.165) is 16.5 Å². The Morgan fingerprint density at radius 3 is 2.46 bits per heavy atom. The number of nitrogens with one attached hydrogen (secondary N) is 2. The Balaban J connectivity index is 1.73. The molecule has 1 amide bonds. The second-order valence-electron chi connectivity index (χ2n) is 6.70. The summed E-state index contributed by atoms with van der Waals surface area (Å²) < 4.78 is 26.0. The lowest BCUT2D eigenvalue weighted by atomic mass is 10.1. The summed E-state index contributed by atoms with van der Waals surface area (Å²) in [6.45, 7) is 1.76. The maximum atomic E-state index is 12.4. The quantitative estimate of drug-likeness (QED) is 0.668. The molecule has 0 fully saturated rings. The minimum absolute atomic E-state index is 0.0216. The molecule has 28 heavy (non-hydrogen) atoms. The largest absolute Gasteiger partial charge is 0.376 e. The molecule has 2 N–H and O–H groups in total. The molecule has 0 spiro atoms. The molecule has 146 valence electrons. The molecular weight excluding hydrogens is 374 g/mol. The Labute approximate surface area is 165 Å². The number of hydrogen-bond donors (Lipinski definition) is 2. The van der Waals surface area contributed by atoms with Crippen LogP contribution in [0.15, 0.2) is 65.6 Å². The summed E-state index contributed by atoms with van der Waals surface area (Å²) in [4.78, 5) is 12.6. The summed E-state index contributed by atoms with van der Waals surface area (Å²) in [5.41, 5.74) is 1.96. The number of sulfonamides is 1. The molecule has 3 aromatic rings. The molecule has 0 heterocycles. The van der Waals surface area contributed by atoms with Crippen molar-refractivity contribution in [3.63, 3.8) is 0 Å². The average molecular weight is 398 g/mol. The van der Waals surface area contributed by atoms with Crippen LogP contribution in [0.1, 0.15) is 5.56 Å². The van der Waals surface area contributed by atoms with Crippen LogP contribution in [0.3, 0.4) is 0 Å². The Bertz CT molecular complexity index is 1120. The summed E-state index contributed by atoms with van der Waals surface area (Å²) >= 11 is 0. The first-order chi connectivity index (χ1) is 13.3. The smallest absolute Gasteiger partial charge is 0.243 e. The number of hydrogen-bond acceptors (Lipinski definition) is 4. The van der Waals surface area contributed by atoms with E-state index in [4.69, 9.17) is 0 Å². The highest BCUT2D eigenvalue weighted by Crippen LogP contribution is 2.24. The van der Waals surface area contributed by atoms with Crippen LogP contribution in [0.2, 0.25) is 0 Å². The topological polar surface area (TPSA) is 78.5 Å². The molecule has 0 radical (unpaired) electrons. The molecule has 7 heteroatoms. The molecular formula is C21H23N3O3S. The highest BCUT2D eigenvalue weighted by molar-refractivity contribution is 7.89. The summed E-state index contributed by atoms with van der Waals surface area (Å²) in [5.74, 6) is -0.214. The lowest BCUT2D eigenvalue weighted by molar-refractivity contribution is -0.114. The van der Waals surface area contributed by atoms with E-state index >= 15 is 0 Å². The van der Waals surface area contributed by atoms with Gasteiger partial charge >= 0.3 is 0 Å². The van der Waals surface area contributed by atoms with Crippen LogP contribution in [0, 0.1) is 6.92 Å². The molecule has 0 saturated carbocycles. The minimum atomic E-state index is -3.55. The molecule has 0 saturated heterocycles. The lowest BCUT2D eigenvalue weighted by Gasteiger charge is -2.15. The van der Waals surface area contributed by atoms with E-state index in [-0.39, 0.29) is 17.3 Å². The molecule has 0 aliphatic rings. The molecule has 0 aromatic heterocycles. The van der Waals surface area contributed by atoms with E-state index in [0.29, 0.717) is 11.3 Å². The van der Waals surface area contributed by atoms with E-state index in [1.807, 2.05) is 42.5 Å². The summed E-state index contributed by atoms with van der Waals surface area (Å²) in [5, 5.41) is 7.91. The van der Waals surface area contributed by atoms with E-state index in [2.05, 4.69) is 10.6 Å². The van der Waals surface area contributed by atoms with Gasteiger partial charge in [-0.1, -0.05) is 42.5 Å². The van der Waals surface area contributed by atoms with Crippen molar-refractivity contribution in [3.8, 4) is 0 Å². The third kappa shape index (κ3) is 4.16. The monoisotopic (exact) mass is 397 g/mol. The second-order valence-corrected chi connectivity index (χ2v) is 8.82. The Kier molecular flexibility index (Phi) is 5.67. The zero-order chi connectivity index (χ0) is 20.3. The number of amides is 1. The van der Waals surface area contributed by atoms with Crippen molar-refractivity contribution < 1.29 is 13.2 Å². The number of aryl methyl sites for hydroxylation is 1. The van der Waals surface area contributed by atoms with Gasteiger partial charge in [0.1, 0.15) is 0 Å². The molecule has 3 aromatic carbocycles. The predicted octanol–water partition coefficient (Wildman–Crippen LogP) is 3.45. The minimum Gasteiger partial charge on any atom is -0.376 e. The maximum absolute atomic E-state index is 12.4. The lowest BCUT2D eigenvalue weighted by Crippen LogP contribution is -2.24. The van der Waals surface area contributed by atoms with Crippen molar-refractivity contribution in [2.24, 2.45) is 0 Å². The maximum Gasteiger partial charge on any atom is 0.243 e. The first-order valence-corrected chi connectivity index (χ1v) is 10.3. The fourth-order valence-electron chi connectivity index (χ4n) is 2.90. The standard InChI is InChI=1S/C21H23N3O3S/c1-15-11-12-17(13-20(15)28(26,27)24(2)3)22-14-21(25)23-19-10-6-8-16-7-4-5-9-18(16)19/h4-13,22H,14H2,1-3H3,(H,23,25). The highest BCUT2D eigenvalue weighted by atomic mass is 32.2. The van der Waals surface area contributed by atoms with Gasteiger partial charge in [-0.25, -0.2) is 12.7 Å². The number of rotatable bonds is 6. The molecule has 0 aliphatic heterocycles. The normalized spacial score (nSPS) is 11.6. The van der Waals surface area contributed by atoms with Gasteiger partial charge in [0.15, 0.2) is 0 Å². The third-order valence-electron chi connectivity index (χ3n) is 4.46. The fourth-order valence-corrected chi connectivity index (χ4v) is 4.04. The van der Waals surface area contributed by atoms with Crippen LogP contribution in [0.4, 0.5) is 11.4 Å². The summed E-state index contributed by atoms with van der Waals surface area (Å²) in [6, 6.07) is 18.6. The van der Waals surface area contributed by atoms with Gasteiger partial charge in [-0.2, -0.15) is 0 Å². The zero-order valence-corrected chi connectivity index (χ0v) is 16.9. The van der Waals surface area contributed by atoms with Crippen LogP contribution in [0.25, 0.3) is 10.8 Å². The predicted molar refractivity (Wildman–Crippen MR) is 113 cm³/mol. The Morgan fingerprint density at radius 1 is 1.00 bits per heavy atom. The average Bonchev–Trinajstić information content (AvgIpc) is 2.67. The van der Waals surface area contributed by atoms with Crippen molar-refractivity contribution in [2.75, 3.05) is 31.3 Å². The van der Waals surface area contributed by atoms with Gasteiger partial charge in [0, 0.05) is 30.9 Å². The van der Waals surface area contributed by atoms with E-state index in [9.17, 15) is 13.2 Å². The molecule has 0 unspecified atom stereocenters. The van der Waals surface area contributed by atoms with Crippen LogP contribution in [0.5, 0.6) is 0 Å². The van der Waals surface area contributed by atoms with Gasteiger partial charge in [0.25, 0.3) is 0 Å². The third-order valence-corrected chi connectivity index (χ3v) is 6.42. The van der Waals surface area contributed by atoms with Gasteiger partial charge in [-0.15, -0.1) is 0 Å². The summed E-state index contributed by atoms with van der Waals surface area (Å²) in [6.07, 6.45) is 0. The number of benzene rings is 3. The van der Waals surface area contributed by atoms with Crippen molar-refractivity contribution in [1.82, 2.24) is 4.31 Å². The molecule has 0 aliphatic carbocycles. The summed E-state index contributed by atoms with van der Waals surface area (Å²) in [7, 11) is -0.564. The number of carbonyl (C=O) groups is 1. The number of carbonyl (C=O) groups excluding carboxylic acids is 1. The first kappa shape index (κ1) is 19.9. The van der Waals surface area contributed by atoms with Crippen LogP contribution in [-0.4, -0.2) is 39.3 Å². The van der Waals surface area contributed by atoms with Gasteiger partial charge in [0.2, 0.25) is 15.9 Å². The fraction of sp³-hybridized carbons (Fsp3) is 0.190. The van der Waals surface area contributed by atoms with Gasteiger partial charge < -0.3 is 10.6 Å². The van der Waals surface area contributed by atoms with E-state index in [1.165, 1.54) is 18.4 Å². The molecule has 0 atom stereocenters. The molecule has 3 rings (SSSR count). The van der Waals surface area contributed by atoms with Crippen molar-refractivity contribution >= 4 is 38.1 Å². The SMILES string of the molecule is Cc1ccc(NCC(=O)Nc2cccc3ccccc23)cc1S(=O)(=O)N(C)C. The zero-order valence-electron chi connectivity index (χ0n) is 16.1. The van der Waals surface area contributed by atoms with Crippen molar-refractivity contribution in [3.05, 3.63) is 66.2 Å². The van der Waals surface area contributed by atoms with E-state index in [1.54, 1.807) is 25.1 Å². The van der Waals surface area contributed by atoms with Crippen LogP contribution >= 0.6 is 0 Å². The number of fused-ring (bicyclic) bond motifs is 1. The number of nitrogens with zero attached hydrogens (tertiary/aromatic N) is 1. The van der Waals surface area contributed by atoms with Gasteiger partial charge in [-0.05, 0) is 36.1 Å². The first-order valence-electron chi connectivity index (χ1n) is 8.84. The van der Waals surface area contributed by atoms with E-state index < -0.39 is 10.0 Å². The van der Waals surface area contributed by atoms with Crippen molar-refractivity contribution in [1.29, 1.82) is 0 Å². The second kappa shape index (κ2) is 8.00. The van der Waals surface area contributed by atoms with Crippen molar-refractivity contribution in [2.45, 2.75) is 11.8 Å². The highest BCUT2D eigenvalue weighted by Gasteiger charge is 2.20. The van der Waals surface area contributed by atoms with Crippen LogP contribution < -0.4 is 10.6 Å². The molecule has 6 nitrogen and oxygen atoms in total. The Morgan fingerprint density at radius 2 is 1.71 bits per heavy atom.